The molecule has 1 aromatic heterocycles. The summed E-state index contributed by atoms with van der Waals surface area (Å²) in [5.41, 5.74) is 1.87. The summed E-state index contributed by atoms with van der Waals surface area (Å²) in [6, 6.07) is 10.5. The molecule has 7 nitrogen and oxygen atoms in total. The molecule has 0 bridgehead atoms. The summed E-state index contributed by atoms with van der Waals surface area (Å²) in [5.74, 6) is -0.512. The lowest BCUT2D eigenvalue weighted by Gasteiger charge is -2.10. The van der Waals surface area contributed by atoms with E-state index in [0.29, 0.717) is 29.1 Å². The zero-order valence-electron chi connectivity index (χ0n) is 15.4. The Labute approximate surface area is 162 Å². The van der Waals surface area contributed by atoms with Crippen LogP contribution in [0.2, 0.25) is 0 Å². The average molecular weight is 405 g/mol. The molecule has 0 amide bonds. The van der Waals surface area contributed by atoms with Crippen molar-refractivity contribution in [2.75, 3.05) is 7.11 Å². The highest BCUT2D eigenvalue weighted by atomic mass is 32.2. The Hall–Kier alpha value is -2.75. The van der Waals surface area contributed by atoms with Crippen molar-refractivity contribution in [1.29, 1.82) is 0 Å². The molecule has 3 N–H and O–H groups in total. The van der Waals surface area contributed by atoms with Crippen LogP contribution >= 0.6 is 0 Å². The van der Waals surface area contributed by atoms with Crippen molar-refractivity contribution in [3.05, 3.63) is 54.0 Å². The third-order valence-corrected chi connectivity index (χ3v) is 5.37. The van der Waals surface area contributed by atoms with Crippen LogP contribution in [0.3, 0.4) is 0 Å². The Morgan fingerprint density at radius 1 is 1.25 bits per heavy atom. The maximum absolute atomic E-state index is 14.3. The molecule has 0 aliphatic heterocycles. The van der Waals surface area contributed by atoms with Gasteiger partial charge in [-0.15, -0.1) is 0 Å². The Balaban J connectivity index is 2.36. The normalized spacial score (nSPS) is 11.6. The molecule has 9 heteroatoms. The predicted octanol–water partition coefficient (Wildman–Crippen LogP) is 2.52. The molecule has 0 aliphatic rings. The van der Waals surface area contributed by atoms with Crippen LogP contribution in [0.4, 0.5) is 4.39 Å². The van der Waals surface area contributed by atoms with Gasteiger partial charge in [-0.2, -0.15) is 5.10 Å². The van der Waals surface area contributed by atoms with Crippen LogP contribution < -0.4 is 9.88 Å². The van der Waals surface area contributed by atoms with Crippen LogP contribution in [-0.4, -0.2) is 30.4 Å². The third-order valence-electron chi connectivity index (χ3n) is 4.40. The largest absolute Gasteiger partial charge is 0.494 e. The lowest BCUT2D eigenvalue weighted by atomic mass is 9.98. The first-order valence-corrected chi connectivity index (χ1v) is 10.0. The predicted molar refractivity (Wildman–Crippen MR) is 103 cm³/mol. The van der Waals surface area contributed by atoms with E-state index in [2.05, 4.69) is 5.10 Å². The molecule has 0 unspecified atom stereocenters. The number of hydrogen-bond donors (Lipinski definition) is 2. The highest BCUT2D eigenvalue weighted by Gasteiger charge is 2.25. The second-order valence-corrected chi connectivity index (χ2v) is 7.56. The van der Waals surface area contributed by atoms with E-state index in [-0.39, 0.29) is 22.8 Å². The number of hydrogen-bond acceptors (Lipinski definition) is 5. The number of aromatic nitrogens is 2. The Bertz CT molecular complexity index is 1130. The van der Waals surface area contributed by atoms with Crippen molar-refractivity contribution < 1.29 is 22.7 Å². The summed E-state index contributed by atoms with van der Waals surface area (Å²) in [5, 5.41) is 19.8. The van der Waals surface area contributed by atoms with Crippen LogP contribution in [0.25, 0.3) is 22.4 Å². The van der Waals surface area contributed by atoms with Crippen LogP contribution in [0.15, 0.2) is 47.4 Å². The second-order valence-electron chi connectivity index (χ2n) is 6.03. The zero-order chi connectivity index (χ0) is 20.5. The number of nitrogens with two attached hydrogens (primary N) is 1. The molecule has 0 aliphatic carbocycles. The lowest BCUT2D eigenvalue weighted by Crippen LogP contribution is -2.13. The van der Waals surface area contributed by atoms with E-state index in [0.717, 1.165) is 0 Å². The van der Waals surface area contributed by atoms with Gasteiger partial charge in [-0.05, 0) is 30.7 Å². The minimum absolute atomic E-state index is 0.0728. The van der Waals surface area contributed by atoms with Gasteiger partial charge in [0, 0.05) is 17.7 Å². The first kappa shape index (κ1) is 20.0. The highest BCUT2D eigenvalue weighted by molar-refractivity contribution is 7.89. The van der Waals surface area contributed by atoms with Crippen molar-refractivity contribution in [3.8, 4) is 28.1 Å². The molecule has 3 rings (SSSR count). The molecule has 28 heavy (non-hydrogen) atoms. The zero-order valence-corrected chi connectivity index (χ0v) is 16.2. The van der Waals surface area contributed by atoms with Gasteiger partial charge in [0.15, 0.2) is 11.6 Å². The number of primary sulfonamides is 1. The molecule has 148 valence electrons. The Morgan fingerprint density at radius 2 is 1.96 bits per heavy atom. The quantitative estimate of drug-likeness (QED) is 0.655. The number of nitrogens with zero attached hydrogens (tertiary/aromatic N) is 2. The number of rotatable bonds is 6. The monoisotopic (exact) mass is 405 g/mol. The van der Waals surface area contributed by atoms with Gasteiger partial charge in [-0.1, -0.05) is 24.3 Å². The minimum atomic E-state index is -4.02. The van der Waals surface area contributed by atoms with Gasteiger partial charge < -0.3 is 9.84 Å². The van der Waals surface area contributed by atoms with Crippen molar-refractivity contribution >= 4 is 10.0 Å². The molecular formula is C19H20FN3O4S. The smallest absolute Gasteiger partial charge is 0.238 e. The standard InChI is InChI=1S/C19H20FN3O4S/c1-3-23-15(11-24)18(12-8-9-16(27-2)14(20)10-12)19(22-23)13-6-4-5-7-17(13)28(21,25)26/h4-10,24H,3,11H2,1-2H3,(H2,21,25,26). The number of methoxy groups -OCH3 is 1. The van der Waals surface area contributed by atoms with Gasteiger partial charge in [0.05, 0.1) is 24.3 Å². The van der Waals surface area contributed by atoms with E-state index >= 15 is 0 Å². The summed E-state index contributed by atoms with van der Waals surface area (Å²) in [7, 11) is -2.66. The van der Waals surface area contributed by atoms with Crippen LogP contribution in [0.5, 0.6) is 5.75 Å². The molecule has 0 spiro atoms. The SMILES string of the molecule is CCn1nc(-c2ccccc2S(N)(=O)=O)c(-c2ccc(OC)c(F)c2)c1CO. The number of halogens is 1. The lowest BCUT2D eigenvalue weighted by molar-refractivity contribution is 0.269. The minimum Gasteiger partial charge on any atom is -0.494 e. The Morgan fingerprint density at radius 3 is 2.54 bits per heavy atom. The van der Waals surface area contributed by atoms with Gasteiger partial charge in [0.1, 0.15) is 5.69 Å². The van der Waals surface area contributed by atoms with Crippen molar-refractivity contribution in [1.82, 2.24) is 9.78 Å². The maximum Gasteiger partial charge on any atom is 0.238 e. The fourth-order valence-corrected chi connectivity index (χ4v) is 3.88. The van der Waals surface area contributed by atoms with Gasteiger partial charge in [0.25, 0.3) is 0 Å². The number of sulfonamides is 1. The molecule has 0 saturated heterocycles. The van der Waals surface area contributed by atoms with E-state index in [1.807, 2.05) is 6.92 Å². The van der Waals surface area contributed by atoms with Crippen LogP contribution in [-0.2, 0) is 23.2 Å². The van der Waals surface area contributed by atoms with Crippen molar-refractivity contribution in [2.24, 2.45) is 5.14 Å². The molecule has 0 fully saturated rings. The number of aliphatic hydroxyl groups excluding tert-OH is 1. The van der Waals surface area contributed by atoms with Gasteiger partial charge >= 0.3 is 0 Å². The summed E-state index contributed by atoms with van der Waals surface area (Å²) in [6.45, 7) is 1.90. The topological polar surface area (TPSA) is 107 Å². The molecular weight excluding hydrogens is 385 g/mol. The first-order valence-electron chi connectivity index (χ1n) is 8.48. The van der Waals surface area contributed by atoms with Crippen LogP contribution in [0, 0.1) is 5.82 Å². The van der Waals surface area contributed by atoms with Crippen molar-refractivity contribution in [2.45, 2.75) is 25.0 Å². The Kier molecular flexibility index (Phi) is 5.50. The maximum atomic E-state index is 14.3. The molecule has 3 aromatic rings. The number of aliphatic hydroxyl groups is 1. The van der Waals surface area contributed by atoms with E-state index in [1.54, 1.807) is 28.9 Å². The van der Waals surface area contributed by atoms with Crippen LogP contribution in [0.1, 0.15) is 12.6 Å². The van der Waals surface area contributed by atoms with E-state index in [9.17, 15) is 17.9 Å². The van der Waals surface area contributed by atoms with E-state index in [1.165, 1.54) is 25.3 Å². The summed E-state index contributed by atoms with van der Waals surface area (Å²) in [4.78, 5) is -0.101. The molecule has 0 saturated carbocycles. The number of benzene rings is 2. The molecule has 2 aromatic carbocycles. The number of ether oxygens (including phenoxy) is 1. The van der Waals surface area contributed by atoms with Gasteiger partial charge in [-0.25, -0.2) is 17.9 Å². The summed E-state index contributed by atoms with van der Waals surface area (Å²) in [6.07, 6.45) is 0. The van der Waals surface area contributed by atoms with E-state index in [4.69, 9.17) is 9.88 Å². The second kappa shape index (κ2) is 7.70. The fourth-order valence-electron chi connectivity index (χ4n) is 3.14. The van der Waals surface area contributed by atoms with Gasteiger partial charge in [0.2, 0.25) is 10.0 Å². The third kappa shape index (κ3) is 3.51. The van der Waals surface area contributed by atoms with Gasteiger partial charge in [-0.3, -0.25) is 4.68 Å². The molecule has 0 radical (unpaired) electrons. The highest BCUT2D eigenvalue weighted by Crippen LogP contribution is 2.38. The molecule has 0 atom stereocenters. The average Bonchev–Trinajstić information content (AvgIpc) is 3.05. The number of aryl methyl sites for hydroxylation is 1. The van der Waals surface area contributed by atoms with E-state index < -0.39 is 15.8 Å². The first-order chi connectivity index (χ1) is 13.3. The summed E-state index contributed by atoms with van der Waals surface area (Å²) < 4.78 is 45.0. The van der Waals surface area contributed by atoms with Crippen molar-refractivity contribution in [3.63, 3.8) is 0 Å². The summed E-state index contributed by atoms with van der Waals surface area (Å²) >= 11 is 0. The fraction of sp³-hybridized carbons (Fsp3) is 0.211. The molecule has 1 heterocycles.